The van der Waals surface area contributed by atoms with Crippen LogP contribution in [-0.2, 0) is 0 Å². The fourth-order valence-corrected chi connectivity index (χ4v) is 2.91. The van der Waals surface area contributed by atoms with Gasteiger partial charge < -0.3 is 10.2 Å². The van der Waals surface area contributed by atoms with Gasteiger partial charge in [-0.2, -0.15) is 0 Å². The van der Waals surface area contributed by atoms with Crippen molar-refractivity contribution in [1.82, 2.24) is 5.32 Å². The fraction of sp³-hybridized carbons (Fsp3) is 0.600. The number of nitrogens with zero attached hydrogens (tertiary/aromatic N) is 1. The average molecular weight is 232 g/mol. The van der Waals surface area contributed by atoms with Crippen LogP contribution in [0.1, 0.15) is 38.8 Å². The Balaban J connectivity index is 2.31. The average Bonchev–Trinajstić information content (AvgIpc) is 2.67. The third-order valence-electron chi connectivity index (χ3n) is 3.93. The molecule has 0 radical (unpaired) electrons. The van der Waals surface area contributed by atoms with Gasteiger partial charge in [-0.15, -0.1) is 0 Å². The molecule has 1 heterocycles. The van der Waals surface area contributed by atoms with E-state index >= 15 is 0 Å². The maximum absolute atomic E-state index is 3.34. The zero-order chi connectivity index (χ0) is 12.4. The van der Waals surface area contributed by atoms with E-state index in [1.807, 2.05) is 7.05 Å². The van der Waals surface area contributed by atoms with Gasteiger partial charge in [-0.3, -0.25) is 0 Å². The summed E-state index contributed by atoms with van der Waals surface area (Å²) in [5, 5.41) is 3.34. The van der Waals surface area contributed by atoms with Crippen LogP contribution >= 0.6 is 0 Å². The highest BCUT2D eigenvalue weighted by molar-refractivity contribution is 5.56. The molecule has 1 aromatic carbocycles. The normalized spacial score (nSPS) is 26.2. The van der Waals surface area contributed by atoms with Crippen molar-refractivity contribution < 1.29 is 0 Å². The van der Waals surface area contributed by atoms with Crippen molar-refractivity contribution in [2.24, 2.45) is 5.92 Å². The first-order valence-electron chi connectivity index (χ1n) is 6.66. The van der Waals surface area contributed by atoms with Crippen LogP contribution in [0.5, 0.6) is 0 Å². The maximum Gasteiger partial charge on any atom is 0.0417 e. The van der Waals surface area contributed by atoms with Crippen molar-refractivity contribution >= 4 is 5.69 Å². The van der Waals surface area contributed by atoms with E-state index in [4.69, 9.17) is 0 Å². The van der Waals surface area contributed by atoms with Gasteiger partial charge in [0.2, 0.25) is 0 Å². The summed E-state index contributed by atoms with van der Waals surface area (Å²) in [5.41, 5.74) is 2.82. The van der Waals surface area contributed by atoms with Gasteiger partial charge in [0.1, 0.15) is 0 Å². The monoisotopic (exact) mass is 232 g/mol. The molecule has 3 atom stereocenters. The summed E-state index contributed by atoms with van der Waals surface area (Å²) in [6.07, 6.45) is 1.31. The number of hydrogen-bond donors (Lipinski definition) is 1. The number of nitrogens with one attached hydrogen (secondary N) is 1. The van der Waals surface area contributed by atoms with Crippen LogP contribution in [0.2, 0.25) is 0 Å². The SMILES string of the molecule is CNC(C)c1ccccc1N1CC(C)CC1C. The molecule has 0 bridgehead atoms. The van der Waals surface area contributed by atoms with E-state index in [9.17, 15) is 0 Å². The number of anilines is 1. The Bertz CT molecular complexity index is 375. The second kappa shape index (κ2) is 5.09. The summed E-state index contributed by atoms with van der Waals surface area (Å²) in [6.45, 7) is 8.10. The molecule has 1 aliphatic rings. The predicted octanol–water partition coefficient (Wildman–Crippen LogP) is 3.20. The highest BCUT2D eigenvalue weighted by Gasteiger charge is 2.28. The number of benzene rings is 1. The quantitative estimate of drug-likeness (QED) is 0.861. The maximum atomic E-state index is 3.34. The summed E-state index contributed by atoms with van der Waals surface area (Å²) >= 11 is 0. The molecule has 0 amide bonds. The summed E-state index contributed by atoms with van der Waals surface area (Å²) in [6, 6.07) is 9.86. The van der Waals surface area contributed by atoms with Crippen LogP contribution < -0.4 is 10.2 Å². The van der Waals surface area contributed by atoms with Gasteiger partial charge in [0.05, 0.1) is 0 Å². The first-order chi connectivity index (χ1) is 8.13. The second-order valence-electron chi connectivity index (χ2n) is 5.41. The lowest BCUT2D eigenvalue weighted by Crippen LogP contribution is -2.29. The summed E-state index contributed by atoms with van der Waals surface area (Å²) in [5.74, 6) is 0.808. The molecular weight excluding hydrogens is 208 g/mol. The fourth-order valence-electron chi connectivity index (χ4n) is 2.91. The largest absolute Gasteiger partial charge is 0.368 e. The lowest BCUT2D eigenvalue weighted by atomic mass is 10.0. The summed E-state index contributed by atoms with van der Waals surface area (Å²) in [4.78, 5) is 2.56. The molecule has 0 saturated carbocycles. The molecule has 0 spiro atoms. The van der Waals surface area contributed by atoms with Crippen LogP contribution in [0.15, 0.2) is 24.3 Å². The van der Waals surface area contributed by atoms with Gasteiger partial charge in [0, 0.05) is 24.3 Å². The Morgan fingerprint density at radius 2 is 2.00 bits per heavy atom. The molecule has 1 aromatic rings. The molecule has 1 aliphatic heterocycles. The van der Waals surface area contributed by atoms with Crippen LogP contribution in [0.3, 0.4) is 0 Å². The highest BCUT2D eigenvalue weighted by Crippen LogP contribution is 2.33. The van der Waals surface area contributed by atoms with Gasteiger partial charge in [0.25, 0.3) is 0 Å². The minimum absolute atomic E-state index is 0.411. The van der Waals surface area contributed by atoms with E-state index in [1.165, 1.54) is 24.2 Å². The Labute approximate surface area is 105 Å². The zero-order valence-corrected chi connectivity index (χ0v) is 11.4. The van der Waals surface area contributed by atoms with Crippen molar-refractivity contribution in [3.05, 3.63) is 29.8 Å². The van der Waals surface area contributed by atoms with Crippen LogP contribution in [-0.4, -0.2) is 19.6 Å². The molecule has 1 saturated heterocycles. The number of rotatable bonds is 3. The first-order valence-corrected chi connectivity index (χ1v) is 6.66. The molecule has 1 fully saturated rings. The van der Waals surface area contributed by atoms with E-state index in [1.54, 1.807) is 0 Å². The van der Waals surface area contributed by atoms with Gasteiger partial charge in [-0.25, -0.2) is 0 Å². The molecule has 94 valence electrons. The number of para-hydroxylation sites is 1. The second-order valence-corrected chi connectivity index (χ2v) is 5.41. The topological polar surface area (TPSA) is 15.3 Å². The van der Waals surface area contributed by atoms with Gasteiger partial charge in [-0.05, 0) is 44.9 Å². The smallest absolute Gasteiger partial charge is 0.0417 e. The van der Waals surface area contributed by atoms with Crippen molar-refractivity contribution in [3.63, 3.8) is 0 Å². The minimum Gasteiger partial charge on any atom is -0.368 e. The number of hydrogen-bond acceptors (Lipinski definition) is 2. The van der Waals surface area contributed by atoms with Crippen molar-refractivity contribution in [2.75, 3.05) is 18.5 Å². The van der Waals surface area contributed by atoms with Gasteiger partial charge >= 0.3 is 0 Å². The van der Waals surface area contributed by atoms with Crippen LogP contribution in [0.4, 0.5) is 5.69 Å². The van der Waals surface area contributed by atoms with E-state index in [2.05, 4.69) is 55.3 Å². The third-order valence-corrected chi connectivity index (χ3v) is 3.93. The molecule has 3 unspecified atom stereocenters. The zero-order valence-electron chi connectivity index (χ0n) is 11.4. The molecule has 2 nitrogen and oxygen atoms in total. The highest BCUT2D eigenvalue weighted by atomic mass is 15.2. The lowest BCUT2D eigenvalue weighted by molar-refractivity contribution is 0.624. The van der Waals surface area contributed by atoms with Gasteiger partial charge in [-0.1, -0.05) is 25.1 Å². The predicted molar refractivity (Wildman–Crippen MR) is 74.5 cm³/mol. The van der Waals surface area contributed by atoms with Crippen molar-refractivity contribution in [1.29, 1.82) is 0 Å². The summed E-state index contributed by atoms with van der Waals surface area (Å²) < 4.78 is 0. The minimum atomic E-state index is 0.411. The molecular formula is C15H24N2. The first kappa shape index (κ1) is 12.4. The van der Waals surface area contributed by atoms with Gasteiger partial charge in [0.15, 0.2) is 0 Å². The molecule has 2 heteroatoms. The lowest BCUT2D eigenvalue weighted by Gasteiger charge is -2.28. The van der Waals surface area contributed by atoms with Crippen LogP contribution in [0, 0.1) is 5.92 Å². The molecule has 17 heavy (non-hydrogen) atoms. The Hall–Kier alpha value is -1.02. The van der Waals surface area contributed by atoms with Crippen LogP contribution in [0.25, 0.3) is 0 Å². The molecule has 0 aromatic heterocycles. The third kappa shape index (κ3) is 2.47. The Kier molecular flexibility index (Phi) is 3.72. The van der Waals surface area contributed by atoms with E-state index in [-0.39, 0.29) is 0 Å². The summed E-state index contributed by atoms with van der Waals surface area (Å²) in [7, 11) is 2.03. The molecule has 2 rings (SSSR count). The van der Waals surface area contributed by atoms with E-state index in [0.717, 1.165) is 5.92 Å². The molecule has 1 N–H and O–H groups in total. The Morgan fingerprint density at radius 1 is 1.29 bits per heavy atom. The van der Waals surface area contributed by atoms with E-state index < -0.39 is 0 Å². The Morgan fingerprint density at radius 3 is 2.59 bits per heavy atom. The van der Waals surface area contributed by atoms with Crippen molar-refractivity contribution in [2.45, 2.75) is 39.3 Å². The molecule has 0 aliphatic carbocycles. The standard InChI is InChI=1S/C15H24N2/c1-11-9-12(2)17(10-11)15-8-6-5-7-14(15)13(3)16-4/h5-8,11-13,16H,9-10H2,1-4H3. The van der Waals surface area contributed by atoms with Crippen molar-refractivity contribution in [3.8, 4) is 0 Å². The van der Waals surface area contributed by atoms with E-state index in [0.29, 0.717) is 12.1 Å².